The highest BCUT2D eigenvalue weighted by Crippen LogP contribution is 2.29. The van der Waals surface area contributed by atoms with Crippen LogP contribution in [0.25, 0.3) is 22.4 Å². The molecule has 1 aliphatic carbocycles. The van der Waals surface area contributed by atoms with Crippen LogP contribution in [0, 0.1) is 5.82 Å². The molecular weight excluding hydrogens is 458 g/mol. The topological polar surface area (TPSA) is 116 Å². The molecule has 3 atom stereocenters. The summed E-state index contributed by atoms with van der Waals surface area (Å²) in [5.41, 5.74) is 1.32. The molecule has 0 spiro atoms. The minimum atomic E-state index is -0.680. The number of rotatable bonds is 6. The zero-order chi connectivity index (χ0) is 22.0. The van der Waals surface area contributed by atoms with Gasteiger partial charge in [0.25, 0.3) is 0 Å². The van der Waals surface area contributed by atoms with Crippen LogP contribution in [0.2, 0.25) is 5.02 Å². The number of hydrogen-bond acceptors (Lipinski definition) is 6. The zero-order valence-corrected chi connectivity index (χ0v) is 19.0. The van der Waals surface area contributed by atoms with Crippen molar-refractivity contribution in [3.63, 3.8) is 0 Å². The van der Waals surface area contributed by atoms with Crippen LogP contribution in [-0.2, 0) is 4.79 Å². The fraction of sp³-hybridized carbons (Fsp3) is 0.429. The highest BCUT2D eigenvalue weighted by molar-refractivity contribution is 6.31. The Morgan fingerprint density at radius 2 is 2.12 bits per heavy atom. The molecule has 3 aromatic rings. The van der Waals surface area contributed by atoms with Gasteiger partial charge in [-0.15, -0.1) is 12.4 Å². The summed E-state index contributed by atoms with van der Waals surface area (Å²) < 4.78 is 14.5. The van der Waals surface area contributed by atoms with Crippen molar-refractivity contribution < 1.29 is 14.3 Å². The summed E-state index contributed by atoms with van der Waals surface area (Å²) in [6, 6.07) is 1.70. The maximum atomic E-state index is 14.5. The second-order valence-corrected chi connectivity index (χ2v) is 8.40. The number of nitrogens with zero attached hydrogens (tertiary/aromatic N) is 3. The number of aromatic amines is 1. The standard InChI is InChI=1S/C21H24ClFN6O2.ClH/c1-11(30)5-18(31)27-13-3-2-4-14(7-13)28-21-17(23)10-26-20(29-21)16-9-25-19-15(16)6-12(22)8-24-19;/h6,8-11,13-14,30H,2-5,7H2,1H3,(H,24,25)(H,27,31)(H,26,28,29);1H/t11?,13-,14+;/m1./s1. The molecule has 4 rings (SSSR count). The Kier molecular flexibility index (Phi) is 7.86. The van der Waals surface area contributed by atoms with Gasteiger partial charge in [0, 0.05) is 35.4 Å². The Bertz CT molecular complexity index is 1090. The highest BCUT2D eigenvalue weighted by Gasteiger charge is 2.25. The first-order valence-electron chi connectivity index (χ1n) is 10.3. The molecule has 1 amide bonds. The van der Waals surface area contributed by atoms with E-state index in [1.54, 1.807) is 25.4 Å². The number of carbonyl (C=O) groups is 1. The normalized spacial score (nSPS) is 19.2. The van der Waals surface area contributed by atoms with E-state index in [9.17, 15) is 14.3 Å². The van der Waals surface area contributed by atoms with Crippen molar-refractivity contribution in [2.45, 2.75) is 57.2 Å². The van der Waals surface area contributed by atoms with E-state index in [2.05, 4.69) is 30.6 Å². The summed E-state index contributed by atoms with van der Waals surface area (Å²) in [5, 5.41) is 16.7. The third-order valence-corrected chi connectivity index (χ3v) is 5.55. The second-order valence-electron chi connectivity index (χ2n) is 7.97. The van der Waals surface area contributed by atoms with Crippen molar-refractivity contribution in [1.82, 2.24) is 25.3 Å². The lowest BCUT2D eigenvalue weighted by Gasteiger charge is -2.31. The number of carbonyl (C=O) groups excluding carboxylic acids is 1. The van der Waals surface area contributed by atoms with Gasteiger partial charge in [-0.25, -0.2) is 19.3 Å². The third-order valence-electron chi connectivity index (χ3n) is 5.34. The lowest BCUT2D eigenvalue weighted by atomic mass is 9.90. The Morgan fingerprint density at radius 1 is 1.34 bits per heavy atom. The van der Waals surface area contributed by atoms with Crippen LogP contribution in [0.5, 0.6) is 0 Å². The van der Waals surface area contributed by atoms with E-state index in [1.807, 2.05) is 0 Å². The van der Waals surface area contributed by atoms with E-state index >= 15 is 0 Å². The highest BCUT2D eigenvalue weighted by atomic mass is 35.5. The summed E-state index contributed by atoms with van der Waals surface area (Å²) in [7, 11) is 0. The van der Waals surface area contributed by atoms with Crippen LogP contribution >= 0.6 is 24.0 Å². The summed E-state index contributed by atoms with van der Waals surface area (Å²) >= 11 is 6.06. The van der Waals surface area contributed by atoms with Crippen LogP contribution < -0.4 is 10.6 Å². The Hall–Kier alpha value is -2.49. The zero-order valence-electron chi connectivity index (χ0n) is 17.4. The van der Waals surface area contributed by atoms with Gasteiger partial charge in [-0.05, 0) is 38.7 Å². The van der Waals surface area contributed by atoms with E-state index < -0.39 is 11.9 Å². The van der Waals surface area contributed by atoms with Crippen LogP contribution in [0.4, 0.5) is 10.2 Å². The molecule has 3 heterocycles. The molecule has 1 aliphatic rings. The van der Waals surface area contributed by atoms with Gasteiger partial charge in [0.05, 0.1) is 23.7 Å². The lowest BCUT2D eigenvalue weighted by Crippen LogP contribution is -2.42. The van der Waals surface area contributed by atoms with Gasteiger partial charge in [0.2, 0.25) is 5.91 Å². The van der Waals surface area contributed by atoms with Gasteiger partial charge >= 0.3 is 0 Å². The number of H-pyrrole nitrogens is 1. The van der Waals surface area contributed by atoms with Gasteiger partial charge in [-0.2, -0.15) is 0 Å². The molecule has 1 unspecified atom stereocenters. The maximum Gasteiger partial charge on any atom is 0.222 e. The average molecular weight is 483 g/mol. The van der Waals surface area contributed by atoms with Gasteiger partial charge in [0.15, 0.2) is 17.5 Å². The second kappa shape index (κ2) is 10.4. The Balaban J connectivity index is 0.00000289. The Labute approximate surface area is 195 Å². The quantitative estimate of drug-likeness (QED) is 0.424. The van der Waals surface area contributed by atoms with Gasteiger partial charge in [-0.3, -0.25) is 4.79 Å². The number of fused-ring (bicyclic) bond motifs is 1. The fourth-order valence-corrected chi connectivity index (χ4v) is 4.12. The first-order valence-corrected chi connectivity index (χ1v) is 10.7. The SMILES string of the molecule is CC(O)CC(=O)N[C@@H]1CCC[C@H](Nc2nc(-c3c[nH]c4ncc(Cl)cc34)ncc2F)C1.Cl. The molecule has 8 nitrogen and oxygen atoms in total. The third kappa shape index (κ3) is 5.65. The summed E-state index contributed by atoms with van der Waals surface area (Å²) in [4.78, 5) is 27.8. The lowest BCUT2D eigenvalue weighted by molar-refractivity contribution is -0.123. The number of hydrogen-bond donors (Lipinski definition) is 4. The molecule has 32 heavy (non-hydrogen) atoms. The number of aromatic nitrogens is 4. The van der Waals surface area contributed by atoms with Crippen LogP contribution in [0.1, 0.15) is 39.0 Å². The molecule has 4 N–H and O–H groups in total. The van der Waals surface area contributed by atoms with Crippen LogP contribution in [0.3, 0.4) is 0 Å². The van der Waals surface area contributed by atoms with Crippen molar-refractivity contribution >= 4 is 46.8 Å². The first-order chi connectivity index (χ1) is 14.9. The molecule has 0 aliphatic heterocycles. The van der Waals surface area contributed by atoms with E-state index in [0.29, 0.717) is 28.5 Å². The van der Waals surface area contributed by atoms with E-state index in [-0.39, 0.29) is 42.6 Å². The number of aliphatic hydroxyl groups excluding tert-OH is 1. The summed E-state index contributed by atoms with van der Waals surface area (Å²) in [6.07, 6.45) is 7.04. The van der Waals surface area contributed by atoms with Crippen molar-refractivity contribution in [2.24, 2.45) is 0 Å². The van der Waals surface area contributed by atoms with Crippen molar-refractivity contribution in [1.29, 1.82) is 0 Å². The summed E-state index contributed by atoms with van der Waals surface area (Å²) in [5.74, 6) is -0.241. The van der Waals surface area contributed by atoms with Crippen LogP contribution in [-0.4, -0.2) is 49.1 Å². The molecular formula is C21H25Cl2FN6O2. The van der Waals surface area contributed by atoms with Gasteiger partial charge < -0.3 is 20.7 Å². The molecule has 0 radical (unpaired) electrons. The average Bonchev–Trinajstić information content (AvgIpc) is 3.12. The number of halogens is 3. The maximum absolute atomic E-state index is 14.5. The van der Waals surface area contributed by atoms with Gasteiger partial charge in [-0.1, -0.05) is 11.6 Å². The molecule has 0 bridgehead atoms. The number of anilines is 1. The first kappa shape index (κ1) is 24.2. The number of aliphatic hydroxyl groups is 1. The number of nitrogens with one attached hydrogen (secondary N) is 3. The van der Waals surface area contributed by atoms with Crippen molar-refractivity contribution in [2.75, 3.05) is 5.32 Å². The van der Waals surface area contributed by atoms with E-state index in [0.717, 1.165) is 30.8 Å². The minimum Gasteiger partial charge on any atom is -0.393 e. The monoisotopic (exact) mass is 482 g/mol. The summed E-state index contributed by atoms with van der Waals surface area (Å²) in [6.45, 7) is 1.58. The van der Waals surface area contributed by atoms with Gasteiger partial charge in [0.1, 0.15) is 5.65 Å². The molecule has 11 heteroatoms. The van der Waals surface area contributed by atoms with Crippen molar-refractivity contribution in [3.05, 3.63) is 35.5 Å². The number of pyridine rings is 1. The Morgan fingerprint density at radius 3 is 2.91 bits per heavy atom. The predicted molar refractivity (Wildman–Crippen MR) is 123 cm³/mol. The van der Waals surface area contributed by atoms with E-state index in [4.69, 9.17) is 11.6 Å². The molecule has 1 saturated carbocycles. The van der Waals surface area contributed by atoms with Crippen molar-refractivity contribution in [3.8, 4) is 11.4 Å². The van der Waals surface area contributed by atoms with E-state index in [1.165, 1.54) is 0 Å². The molecule has 1 fully saturated rings. The van der Waals surface area contributed by atoms with Crippen LogP contribution in [0.15, 0.2) is 24.7 Å². The number of amides is 1. The predicted octanol–water partition coefficient (Wildman–Crippen LogP) is 3.84. The largest absolute Gasteiger partial charge is 0.393 e. The molecule has 0 aromatic carbocycles. The molecule has 172 valence electrons. The minimum absolute atomic E-state index is 0. The molecule has 3 aromatic heterocycles. The molecule has 0 saturated heterocycles. The fourth-order valence-electron chi connectivity index (χ4n) is 3.96. The smallest absolute Gasteiger partial charge is 0.222 e.